The first kappa shape index (κ1) is 11.9. The second-order valence-corrected chi connectivity index (χ2v) is 4.72. The molecule has 1 aliphatic heterocycles. The van der Waals surface area contributed by atoms with E-state index in [1.165, 1.54) is 33.7 Å². The zero-order chi connectivity index (χ0) is 12.6. The van der Waals surface area contributed by atoms with Crippen molar-refractivity contribution < 1.29 is 0 Å². The van der Waals surface area contributed by atoms with Gasteiger partial charge in [0.05, 0.1) is 5.70 Å². The number of aromatic nitrogens is 1. The standard InChI is InChI=1S/C15H20N2/c1-6-13-11(4)12(5)17-15(13)7-14-10(3)9(2)8-16-14/h7-8,17H,6H2,1-5H3/b14-7-. The lowest BCUT2D eigenvalue weighted by molar-refractivity contribution is 1.11. The first-order valence-corrected chi connectivity index (χ1v) is 6.16. The van der Waals surface area contributed by atoms with Gasteiger partial charge in [-0.2, -0.15) is 0 Å². The summed E-state index contributed by atoms with van der Waals surface area (Å²) in [6.07, 6.45) is 5.16. The van der Waals surface area contributed by atoms with Crippen LogP contribution in [0.25, 0.3) is 6.08 Å². The molecule has 0 amide bonds. The van der Waals surface area contributed by atoms with E-state index in [4.69, 9.17) is 0 Å². The third kappa shape index (κ3) is 1.99. The van der Waals surface area contributed by atoms with Crippen LogP contribution in [0.5, 0.6) is 0 Å². The predicted octanol–water partition coefficient (Wildman–Crippen LogP) is 3.96. The molecular formula is C15H20N2. The van der Waals surface area contributed by atoms with E-state index < -0.39 is 0 Å². The second kappa shape index (κ2) is 4.36. The molecule has 0 unspecified atom stereocenters. The number of nitrogens with one attached hydrogen (secondary N) is 1. The third-order valence-corrected chi connectivity index (χ3v) is 3.67. The van der Waals surface area contributed by atoms with Crippen LogP contribution < -0.4 is 0 Å². The minimum Gasteiger partial charge on any atom is -0.359 e. The molecule has 2 nitrogen and oxygen atoms in total. The zero-order valence-corrected chi connectivity index (χ0v) is 11.3. The molecule has 1 aliphatic rings. The summed E-state index contributed by atoms with van der Waals surface area (Å²) in [6, 6.07) is 0. The van der Waals surface area contributed by atoms with E-state index in [-0.39, 0.29) is 0 Å². The molecule has 0 aromatic carbocycles. The summed E-state index contributed by atoms with van der Waals surface area (Å²) < 4.78 is 0. The van der Waals surface area contributed by atoms with Crippen LogP contribution in [0.15, 0.2) is 21.8 Å². The van der Waals surface area contributed by atoms with Crippen LogP contribution in [0.4, 0.5) is 0 Å². The lowest BCUT2D eigenvalue weighted by atomic mass is 10.1. The van der Waals surface area contributed by atoms with Crippen molar-refractivity contribution >= 4 is 12.3 Å². The highest BCUT2D eigenvalue weighted by atomic mass is 14.8. The average Bonchev–Trinajstić information content (AvgIpc) is 2.74. The molecule has 0 atom stereocenters. The van der Waals surface area contributed by atoms with Gasteiger partial charge in [0.25, 0.3) is 0 Å². The minimum atomic E-state index is 1.06. The van der Waals surface area contributed by atoms with Crippen molar-refractivity contribution in [1.29, 1.82) is 0 Å². The number of hydrogen-bond acceptors (Lipinski definition) is 1. The largest absolute Gasteiger partial charge is 0.359 e. The highest BCUT2D eigenvalue weighted by Crippen LogP contribution is 2.26. The van der Waals surface area contributed by atoms with Gasteiger partial charge in [0.2, 0.25) is 0 Å². The molecule has 0 saturated heterocycles. The lowest BCUT2D eigenvalue weighted by Gasteiger charge is -2.00. The van der Waals surface area contributed by atoms with E-state index in [1.807, 2.05) is 6.21 Å². The van der Waals surface area contributed by atoms with Gasteiger partial charge >= 0.3 is 0 Å². The number of aryl methyl sites for hydroxylation is 1. The van der Waals surface area contributed by atoms with E-state index in [9.17, 15) is 0 Å². The Labute approximate surface area is 103 Å². The summed E-state index contributed by atoms with van der Waals surface area (Å²) in [5.74, 6) is 0. The molecule has 17 heavy (non-hydrogen) atoms. The fourth-order valence-corrected chi connectivity index (χ4v) is 2.22. The molecule has 0 aliphatic carbocycles. The van der Waals surface area contributed by atoms with Gasteiger partial charge < -0.3 is 4.98 Å². The van der Waals surface area contributed by atoms with Gasteiger partial charge in [0, 0.05) is 17.6 Å². The Morgan fingerprint density at radius 2 is 1.94 bits per heavy atom. The predicted molar refractivity (Wildman–Crippen MR) is 74.5 cm³/mol. The number of H-pyrrole nitrogens is 1. The van der Waals surface area contributed by atoms with Gasteiger partial charge in [0.15, 0.2) is 0 Å². The van der Waals surface area contributed by atoms with Crippen molar-refractivity contribution in [3.8, 4) is 0 Å². The molecule has 1 aromatic heterocycles. The lowest BCUT2D eigenvalue weighted by Crippen LogP contribution is -1.86. The van der Waals surface area contributed by atoms with E-state index in [0.717, 1.165) is 12.1 Å². The minimum absolute atomic E-state index is 1.06. The second-order valence-electron chi connectivity index (χ2n) is 4.72. The van der Waals surface area contributed by atoms with Crippen LogP contribution >= 0.6 is 0 Å². The molecule has 1 aromatic rings. The quantitative estimate of drug-likeness (QED) is 0.793. The molecule has 2 heteroatoms. The van der Waals surface area contributed by atoms with E-state index in [0.29, 0.717) is 0 Å². The highest BCUT2D eigenvalue weighted by molar-refractivity contribution is 5.87. The van der Waals surface area contributed by atoms with E-state index >= 15 is 0 Å². The van der Waals surface area contributed by atoms with Gasteiger partial charge in [-0.05, 0) is 62.5 Å². The SMILES string of the molecule is CCc1c(/C=C2\N=CC(C)=C2C)[nH]c(C)c1C. The molecule has 0 bridgehead atoms. The van der Waals surface area contributed by atoms with Crippen LogP contribution in [0.3, 0.4) is 0 Å². The fraction of sp³-hybridized carbons (Fsp3) is 0.400. The Hall–Kier alpha value is -1.57. The molecule has 0 saturated carbocycles. The maximum absolute atomic E-state index is 4.45. The number of nitrogens with zero attached hydrogens (tertiary/aromatic N) is 1. The molecule has 2 rings (SSSR count). The first-order chi connectivity index (χ1) is 8.04. The number of aromatic amines is 1. The summed E-state index contributed by atoms with van der Waals surface area (Å²) in [5, 5.41) is 0. The van der Waals surface area contributed by atoms with E-state index in [2.05, 4.69) is 50.7 Å². The van der Waals surface area contributed by atoms with Crippen molar-refractivity contribution in [2.75, 3.05) is 0 Å². The monoisotopic (exact) mass is 228 g/mol. The van der Waals surface area contributed by atoms with Gasteiger partial charge in [-0.1, -0.05) is 6.92 Å². The van der Waals surface area contributed by atoms with Crippen molar-refractivity contribution in [2.24, 2.45) is 4.99 Å². The summed E-state index contributed by atoms with van der Waals surface area (Å²) in [7, 11) is 0. The summed E-state index contributed by atoms with van der Waals surface area (Å²) >= 11 is 0. The maximum atomic E-state index is 4.45. The molecule has 1 N–H and O–H groups in total. The number of hydrogen-bond donors (Lipinski definition) is 1. The van der Waals surface area contributed by atoms with Gasteiger partial charge in [-0.15, -0.1) is 0 Å². The number of aliphatic imine (C=N–C) groups is 1. The molecule has 0 fully saturated rings. The third-order valence-electron chi connectivity index (χ3n) is 3.67. The number of allylic oxidation sites excluding steroid dienone is 2. The van der Waals surface area contributed by atoms with Crippen molar-refractivity contribution in [1.82, 2.24) is 4.98 Å². The van der Waals surface area contributed by atoms with Crippen molar-refractivity contribution in [3.05, 3.63) is 39.4 Å². The molecule has 0 spiro atoms. The Morgan fingerprint density at radius 3 is 2.47 bits per heavy atom. The van der Waals surface area contributed by atoms with E-state index in [1.54, 1.807) is 0 Å². The molecule has 2 heterocycles. The van der Waals surface area contributed by atoms with Crippen LogP contribution in [-0.4, -0.2) is 11.2 Å². The highest BCUT2D eigenvalue weighted by Gasteiger charge is 2.12. The zero-order valence-electron chi connectivity index (χ0n) is 11.3. The first-order valence-electron chi connectivity index (χ1n) is 6.16. The Morgan fingerprint density at radius 1 is 1.24 bits per heavy atom. The molecule has 0 radical (unpaired) electrons. The van der Waals surface area contributed by atoms with Gasteiger partial charge in [-0.3, -0.25) is 4.99 Å². The van der Waals surface area contributed by atoms with Crippen molar-refractivity contribution in [3.63, 3.8) is 0 Å². The molecule has 90 valence electrons. The fourth-order valence-electron chi connectivity index (χ4n) is 2.22. The van der Waals surface area contributed by atoms with Crippen molar-refractivity contribution in [2.45, 2.75) is 41.0 Å². The van der Waals surface area contributed by atoms with Crippen LogP contribution in [0.2, 0.25) is 0 Å². The number of rotatable bonds is 2. The Balaban J connectivity index is 2.47. The Kier molecular flexibility index (Phi) is 3.05. The van der Waals surface area contributed by atoms with Crippen LogP contribution in [-0.2, 0) is 6.42 Å². The Bertz CT molecular complexity index is 540. The normalized spacial score (nSPS) is 17.6. The summed E-state index contributed by atoms with van der Waals surface area (Å²) in [4.78, 5) is 7.90. The van der Waals surface area contributed by atoms with Gasteiger partial charge in [0.1, 0.15) is 0 Å². The van der Waals surface area contributed by atoms with Crippen LogP contribution in [0.1, 0.15) is 43.3 Å². The summed E-state index contributed by atoms with van der Waals surface area (Å²) in [6.45, 7) is 10.7. The van der Waals surface area contributed by atoms with Gasteiger partial charge in [-0.25, -0.2) is 0 Å². The molecular weight excluding hydrogens is 208 g/mol. The maximum Gasteiger partial charge on any atom is 0.0682 e. The average molecular weight is 228 g/mol. The topological polar surface area (TPSA) is 28.1 Å². The smallest absolute Gasteiger partial charge is 0.0682 e. The van der Waals surface area contributed by atoms with Crippen LogP contribution in [0, 0.1) is 13.8 Å². The summed E-state index contributed by atoms with van der Waals surface area (Å²) in [5.41, 5.74) is 8.87.